The first-order valence-corrected chi connectivity index (χ1v) is 6.02. The summed E-state index contributed by atoms with van der Waals surface area (Å²) < 4.78 is 5.49. The molecule has 0 unspecified atom stereocenters. The van der Waals surface area contributed by atoms with Crippen LogP contribution in [0.5, 0.6) is 5.75 Å². The lowest BCUT2D eigenvalue weighted by Crippen LogP contribution is -2.29. The first-order valence-electron chi connectivity index (χ1n) is 5.64. The number of benzene rings is 1. The fourth-order valence-electron chi connectivity index (χ4n) is 1.26. The number of rotatable bonds is 6. The van der Waals surface area contributed by atoms with Gasteiger partial charge in [0, 0.05) is 19.7 Å². The van der Waals surface area contributed by atoms with Gasteiger partial charge in [-0.2, -0.15) is 0 Å². The van der Waals surface area contributed by atoms with Gasteiger partial charge in [-0.05, 0) is 12.1 Å². The van der Waals surface area contributed by atoms with E-state index in [9.17, 15) is 4.79 Å². The first-order chi connectivity index (χ1) is 8.65. The van der Waals surface area contributed by atoms with Crippen molar-refractivity contribution >= 4 is 17.5 Å². The third-order valence-electron chi connectivity index (χ3n) is 2.29. The average molecular weight is 269 g/mol. The number of hydrogen-bond acceptors (Lipinski definition) is 3. The molecule has 0 saturated carbocycles. The van der Waals surface area contributed by atoms with Crippen molar-refractivity contribution in [1.82, 2.24) is 4.90 Å². The summed E-state index contributed by atoms with van der Waals surface area (Å²) >= 11 is 5.94. The Kier molecular flexibility index (Phi) is 6.25. The highest BCUT2D eigenvalue weighted by molar-refractivity contribution is 6.32. The minimum atomic E-state index is -0.0943. The van der Waals surface area contributed by atoms with Crippen molar-refractivity contribution in [2.45, 2.75) is 0 Å². The number of nitrogens with zero attached hydrogens (tertiary/aromatic N) is 1. The maximum atomic E-state index is 11.5. The molecule has 0 bridgehead atoms. The molecule has 0 fully saturated rings. The lowest BCUT2D eigenvalue weighted by molar-refractivity contribution is -0.125. The van der Waals surface area contributed by atoms with Gasteiger partial charge in [0.1, 0.15) is 12.4 Å². The second-order valence-electron chi connectivity index (χ2n) is 3.68. The normalized spacial score (nSPS) is 10.6. The Labute approximate surface area is 112 Å². The molecule has 1 amide bonds. The van der Waals surface area contributed by atoms with E-state index in [0.717, 1.165) is 0 Å². The van der Waals surface area contributed by atoms with E-state index in [1.165, 1.54) is 6.08 Å². The zero-order valence-corrected chi connectivity index (χ0v) is 11.1. The van der Waals surface area contributed by atoms with Crippen molar-refractivity contribution in [3.63, 3.8) is 0 Å². The van der Waals surface area contributed by atoms with E-state index in [1.807, 2.05) is 12.1 Å². The molecule has 0 aliphatic rings. The van der Waals surface area contributed by atoms with E-state index in [0.29, 0.717) is 30.5 Å². The van der Waals surface area contributed by atoms with Crippen LogP contribution in [0.15, 0.2) is 36.4 Å². The monoisotopic (exact) mass is 268 g/mol. The Morgan fingerprint density at radius 2 is 2.22 bits per heavy atom. The van der Waals surface area contributed by atoms with E-state index in [-0.39, 0.29) is 5.91 Å². The third kappa shape index (κ3) is 4.77. The Balaban J connectivity index is 2.36. The quantitative estimate of drug-likeness (QED) is 0.799. The molecule has 0 heterocycles. The van der Waals surface area contributed by atoms with Gasteiger partial charge in [0.2, 0.25) is 5.91 Å². The number of likely N-dealkylation sites (N-methyl/N-ethyl adjacent to an activating group) is 1. The molecule has 0 spiro atoms. The molecule has 2 N–H and O–H groups in total. The van der Waals surface area contributed by atoms with Crippen LogP contribution in [0.4, 0.5) is 0 Å². The van der Waals surface area contributed by atoms with Gasteiger partial charge in [-0.25, -0.2) is 0 Å². The molecule has 1 rings (SSSR count). The smallest absolute Gasteiger partial charge is 0.246 e. The summed E-state index contributed by atoms with van der Waals surface area (Å²) in [6.07, 6.45) is 3.07. The number of para-hydroxylation sites is 1. The predicted octanol–water partition coefficient (Wildman–Crippen LogP) is 1.69. The van der Waals surface area contributed by atoms with Crippen LogP contribution in [0.25, 0.3) is 0 Å². The molecule has 0 radical (unpaired) electrons. The molecule has 1 aromatic rings. The Hall–Kier alpha value is -1.52. The van der Waals surface area contributed by atoms with E-state index >= 15 is 0 Å². The van der Waals surface area contributed by atoms with Crippen molar-refractivity contribution in [1.29, 1.82) is 0 Å². The topological polar surface area (TPSA) is 55.6 Å². The highest BCUT2D eigenvalue weighted by atomic mass is 35.5. The third-order valence-corrected chi connectivity index (χ3v) is 2.61. The number of amides is 1. The summed E-state index contributed by atoms with van der Waals surface area (Å²) in [5, 5.41) is 0.564. The Morgan fingerprint density at radius 1 is 1.50 bits per heavy atom. The van der Waals surface area contributed by atoms with Crippen LogP contribution in [-0.4, -0.2) is 37.6 Å². The minimum Gasteiger partial charge on any atom is -0.490 e. The number of hydrogen-bond donors (Lipinski definition) is 1. The second kappa shape index (κ2) is 7.74. The highest BCUT2D eigenvalue weighted by Crippen LogP contribution is 2.22. The summed E-state index contributed by atoms with van der Waals surface area (Å²) in [4.78, 5) is 13.1. The van der Waals surface area contributed by atoms with E-state index < -0.39 is 0 Å². The van der Waals surface area contributed by atoms with Crippen molar-refractivity contribution in [3.05, 3.63) is 41.4 Å². The van der Waals surface area contributed by atoms with Crippen molar-refractivity contribution in [2.24, 2.45) is 5.73 Å². The molecule has 5 heteroatoms. The van der Waals surface area contributed by atoms with Gasteiger partial charge in [-0.1, -0.05) is 29.8 Å². The summed E-state index contributed by atoms with van der Waals surface area (Å²) in [6, 6.07) is 7.23. The Morgan fingerprint density at radius 3 is 2.89 bits per heavy atom. The standard InChI is InChI=1S/C13H17ClN2O2/c1-16(13(17)7-4-8-15)9-10-18-12-6-3-2-5-11(12)14/h2-7H,8-10,15H2,1H3/b7-4+. The molecule has 0 aliphatic heterocycles. The lowest BCUT2D eigenvalue weighted by Gasteiger charge is -2.15. The molecular formula is C13H17ClN2O2. The maximum absolute atomic E-state index is 11.5. The predicted molar refractivity (Wildman–Crippen MR) is 72.8 cm³/mol. The first kappa shape index (κ1) is 14.5. The average Bonchev–Trinajstić information content (AvgIpc) is 2.38. The fraction of sp³-hybridized carbons (Fsp3) is 0.308. The van der Waals surface area contributed by atoms with Crippen molar-refractivity contribution < 1.29 is 9.53 Å². The molecule has 98 valence electrons. The van der Waals surface area contributed by atoms with Crippen LogP contribution >= 0.6 is 11.6 Å². The molecule has 0 saturated heterocycles. The molecule has 0 atom stereocenters. The van der Waals surface area contributed by atoms with Crippen LogP contribution in [0, 0.1) is 0 Å². The van der Waals surface area contributed by atoms with Crippen LogP contribution in [0.3, 0.4) is 0 Å². The number of halogens is 1. The summed E-state index contributed by atoms with van der Waals surface area (Å²) in [5.41, 5.74) is 5.27. The number of ether oxygens (including phenoxy) is 1. The van der Waals surface area contributed by atoms with Gasteiger partial charge in [-0.15, -0.1) is 0 Å². The lowest BCUT2D eigenvalue weighted by atomic mass is 10.3. The van der Waals surface area contributed by atoms with E-state index in [2.05, 4.69) is 0 Å². The molecule has 0 aromatic heterocycles. The number of carbonyl (C=O) groups is 1. The fourth-order valence-corrected chi connectivity index (χ4v) is 1.45. The molecule has 18 heavy (non-hydrogen) atoms. The van der Waals surface area contributed by atoms with Gasteiger partial charge in [0.25, 0.3) is 0 Å². The summed E-state index contributed by atoms with van der Waals surface area (Å²) in [7, 11) is 1.71. The van der Waals surface area contributed by atoms with Gasteiger partial charge in [0.15, 0.2) is 0 Å². The molecule has 1 aromatic carbocycles. The SMILES string of the molecule is CN(CCOc1ccccc1Cl)C(=O)/C=C/CN. The molecular weight excluding hydrogens is 252 g/mol. The van der Waals surface area contributed by atoms with Crippen LogP contribution < -0.4 is 10.5 Å². The largest absolute Gasteiger partial charge is 0.490 e. The van der Waals surface area contributed by atoms with Crippen LogP contribution in [0.2, 0.25) is 5.02 Å². The van der Waals surface area contributed by atoms with Crippen LogP contribution in [-0.2, 0) is 4.79 Å². The van der Waals surface area contributed by atoms with Gasteiger partial charge in [0.05, 0.1) is 11.6 Å². The summed E-state index contributed by atoms with van der Waals surface area (Å²) in [6.45, 7) is 1.23. The molecule has 4 nitrogen and oxygen atoms in total. The molecule has 0 aliphatic carbocycles. The zero-order valence-electron chi connectivity index (χ0n) is 10.3. The van der Waals surface area contributed by atoms with E-state index in [1.54, 1.807) is 30.2 Å². The van der Waals surface area contributed by atoms with Gasteiger partial charge in [-0.3, -0.25) is 4.79 Å². The van der Waals surface area contributed by atoms with Gasteiger partial charge < -0.3 is 15.4 Å². The van der Waals surface area contributed by atoms with Crippen molar-refractivity contribution in [3.8, 4) is 5.75 Å². The van der Waals surface area contributed by atoms with Crippen molar-refractivity contribution in [2.75, 3.05) is 26.7 Å². The maximum Gasteiger partial charge on any atom is 0.246 e. The zero-order chi connectivity index (χ0) is 13.4. The minimum absolute atomic E-state index is 0.0943. The van der Waals surface area contributed by atoms with E-state index in [4.69, 9.17) is 22.1 Å². The van der Waals surface area contributed by atoms with Crippen LogP contribution in [0.1, 0.15) is 0 Å². The van der Waals surface area contributed by atoms with Gasteiger partial charge >= 0.3 is 0 Å². The summed E-state index contributed by atoms with van der Waals surface area (Å²) in [5.74, 6) is 0.528. The Bertz CT molecular complexity index is 421. The number of nitrogens with two attached hydrogens (primary N) is 1. The number of carbonyl (C=O) groups excluding carboxylic acids is 1. The second-order valence-corrected chi connectivity index (χ2v) is 4.08. The highest BCUT2D eigenvalue weighted by Gasteiger charge is 2.05.